The average Bonchev–Trinajstić information content (AvgIpc) is 2.53. The van der Waals surface area contributed by atoms with E-state index in [4.69, 9.17) is 14.9 Å². The van der Waals surface area contributed by atoms with Gasteiger partial charge in [0.15, 0.2) is 0 Å². The van der Waals surface area contributed by atoms with E-state index in [0.717, 1.165) is 4.90 Å². The summed E-state index contributed by atoms with van der Waals surface area (Å²) in [4.78, 5) is 26.0. The van der Waals surface area contributed by atoms with Crippen LogP contribution in [0.25, 0.3) is 0 Å². The standard InChI is InChI=1S/C15H19NO5S/c17-6-8-22-13-3-1-11(2-4-13)15(20)16-5-7-21-10-12(16)9-14(18)19/h1-4,12,17H,5-10H2,(H,18,19). The van der Waals surface area contributed by atoms with Gasteiger partial charge in [0.2, 0.25) is 0 Å². The second kappa shape index (κ2) is 8.17. The van der Waals surface area contributed by atoms with E-state index in [-0.39, 0.29) is 25.5 Å². The van der Waals surface area contributed by atoms with Gasteiger partial charge in [-0.3, -0.25) is 9.59 Å². The minimum atomic E-state index is -0.941. The van der Waals surface area contributed by atoms with Crippen LogP contribution in [-0.2, 0) is 9.53 Å². The van der Waals surface area contributed by atoms with Crippen LogP contribution in [0.5, 0.6) is 0 Å². The number of rotatable bonds is 6. The Balaban J connectivity index is 2.06. The van der Waals surface area contributed by atoms with Crippen LogP contribution in [0, 0.1) is 0 Å². The number of aliphatic hydroxyl groups excluding tert-OH is 1. The first-order valence-electron chi connectivity index (χ1n) is 7.06. The van der Waals surface area contributed by atoms with Crippen LogP contribution >= 0.6 is 11.8 Å². The number of carbonyl (C=O) groups excluding carboxylic acids is 1. The number of ether oxygens (including phenoxy) is 1. The van der Waals surface area contributed by atoms with E-state index < -0.39 is 12.0 Å². The minimum Gasteiger partial charge on any atom is -0.481 e. The zero-order valence-electron chi connectivity index (χ0n) is 12.1. The largest absolute Gasteiger partial charge is 0.481 e. The SMILES string of the molecule is O=C(O)CC1COCCN1C(=O)c1ccc(SCCO)cc1. The molecule has 0 bridgehead atoms. The number of carbonyl (C=O) groups is 2. The molecular formula is C15H19NO5S. The number of thioether (sulfide) groups is 1. The number of hydrogen-bond acceptors (Lipinski definition) is 5. The molecule has 1 atom stereocenters. The summed E-state index contributed by atoms with van der Waals surface area (Å²) in [6.45, 7) is 1.18. The van der Waals surface area contributed by atoms with Crippen LogP contribution < -0.4 is 0 Å². The topological polar surface area (TPSA) is 87.1 Å². The maximum atomic E-state index is 12.5. The molecule has 1 amide bonds. The average molecular weight is 325 g/mol. The van der Waals surface area contributed by atoms with E-state index in [2.05, 4.69) is 0 Å². The Morgan fingerprint density at radius 2 is 2.05 bits per heavy atom. The third kappa shape index (κ3) is 4.46. The van der Waals surface area contributed by atoms with Crippen molar-refractivity contribution in [1.29, 1.82) is 0 Å². The predicted molar refractivity (Wildman–Crippen MR) is 82.1 cm³/mol. The molecule has 1 aromatic carbocycles. The van der Waals surface area contributed by atoms with Crippen LogP contribution in [0.4, 0.5) is 0 Å². The van der Waals surface area contributed by atoms with Gasteiger partial charge in [0.05, 0.1) is 32.3 Å². The van der Waals surface area contributed by atoms with Crippen LogP contribution in [0.3, 0.4) is 0 Å². The van der Waals surface area contributed by atoms with Gasteiger partial charge in [-0.2, -0.15) is 0 Å². The fourth-order valence-corrected chi connectivity index (χ4v) is 2.97. The van der Waals surface area contributed by atoms with Crippen molar-refractivity contribution in [3.05, 3.63) is 29.8 Å². The van der Waals surface area contributed by atoms with Crippen molar-refractivity contribution in [2.45, 2.75) is 17.4 Å². The van der Waals surface area contributed by atoms with Crippen LogP contribution in [0.1, 0.15) is 16.8 Å². The monoisotopic (exact) mass is 325 g/mol. The maximum Gasteiger partial charge on any atom is 0.305 e. The second-order valence-corrected chi connectivity index (χ2v) is 6.09. The van der Waals surface area contributed by atoms with Gasteiger partial charge in [-0.05, 0) is 24.3 Å². The molecule has 0 aliphatic carbocycles. The van der Waals surface area contributed by atoms with Crippen molar-refractivity contribution in [1.82, 2.24) is 4.90 Å². The summed E-state index contributed by atoms with van der Waals surface area (Å²) in [5.74, 6) is -0.505. The van der Waals surface area contributed by atoms with Crippen molar-refractivity contribution in [3.8, 4) is 0 Å². The lowest BCUT2D eigenvalue weighted by atomic mass is 10.1. The molecule has 22 heavy (non-hydrogen) atoms. The molecule has 1 aromatic rings. The molecule has 7 heteroatoms. The second-order valence-electron chi connectivity index (χ2n) is 4.92. The minimum absolute atomic E-state index is 0.107. The van der Waals surface area contributed by atoms with E-state index in [1.165, 1.54) is 11.8 Å². The summed E-state index contributed by atoms with van der Waals surface area (Å²) in [5, 5.41) is 17.7. The fourth-order valence-electron chi connectivity index (χ4n) is 2.32. The number of hydrogen-bond donors (Lipinski definition) is 2. The van der Waals surface area contributed by atoms with E-state index in [1.807, 2.05) is 12.1 Å². The molecule has 0 saturated carbocycles. The normalized spacial score (nSPS) is 18.2. The summed E-state index contributed by atoms with van der Waals surface area (Å²) in [6.07, 6.45) is -0.115. The van der Waals surface area contributed by atoms with Gasteiger partial charge in [0.25, 0.3) is 5.91 Å². The quantitative estimate of drug-likeness (QED) is 0.761. The highest BCUT2D eigenvalue weighted by atomic mass is 32.2. The summed E-state index contributed by atoms with van der Waals surface area (Å²) in [5.41, 5.74) is 0.533. The first-order chi connectivity index (χ1) is 10.6. The molecule has 1 heterocycles. The molecule has 1 fully saturated rings. The van der Waals surface area contributed by atoms with Crippen molar-refractivity contribution in [3.63, 3.8) is 0 Å². The number of nitrogens with zero attached hydrogens (tertiary/aromatic N) is 1. The Kier molecular flexibility index (Phi) is 6.23. The molecule has 6 nitrogen and oxygen atoms in total. The highest BCUT2D eigenvalue weighted by Crippen LogP contribution is 2.20. The number of aliphatic carboxylic acids is 1. The predicted octanol–water partition coefficient (Wildman–Crippen LogP) is 1.09. The summed E-state index contributed by atoms with van der Waals surface area (Å²) in [7, 11) is 0. The molecule has 2 N–H and O–H groups in total. The molecule has 0 radical (unpaired) electrons. The lowest BCUT2D eigenvalue weighted by Crippen LogP contribution is -2.49. The van der Waals surface area contributed by atoms with Crippen molar-refractivity contribution in [2.24, 2.45) is 0 Å². The van der Waals surface area contributed by atoms with Gasteiger partial charge >= 0.3 is 5.97 Å². The van der Waals surface area contributed by atoms with E-state index in [1.54, 1.807) is 17.0 Å². The number of benzene rings is 1. The molecule has 1 saturated heterocycles. The van der Waals surface area contributed by atoms with Crippen LogP contribution in [-0.4, -0.2) is 65.1 Å². The van der Waals surface area contributed by atoms with E-state index >= 15 is 0 Å². The maximum absolute atomic E-state index is 12.5. The Morgan fingerprint density at radius 1 is 1.32 bits per heavy atom. The third-order valence-corrected chi connectivity index (χ3v) is 4.35. The summed E-state index contributed by atoms with van der Waals surface area (Å²) >= 11 is 1.51. The van der Waals surface area contributed by atoms with Crippen molar-refractivity contribution in [2.75, 3.05) is 32.1 Å². The van der Waals surface area contributed by atoms with Gasteiger partial charge in [0, 0.05) is 22.8 Å². The Labute approximate surface area is 133 Å². The van der Waals surface area contributed by atoms with Gasteiger partial charge in [0.1, 0.15) is 0 Å². The van der Waals surface area contributed by atoms with E-state index in [9.17, 15) is 9.59 Å². The Bertz CT molecular complexity index is 519. The van der Waals surface area contributed by atoms with Gasteiger partial charge in [-0.25, -0.2) is 0 Å². The fraction of sp³-hybridized carbons (Fsp3) is 0.467. The summed E-state index contributed by atoms with van der Waals surface area (Å²) < 4.78 is 5.28. The lowest BCUT2D eigenvalue weighted by molar-refractivity contribution is -0.139. The molecule has 0 aromatic heterocycles. The van der Waals surface area contributed by atoms with Gasteiger partial charge < -0.3 is 19.8 Å². The number of aliphatic hydroxyl groups is 1. The number of carboxylic acids is 1. The molecule has 120 valence electrons. The number of carboxylic acid groups (broad SMARTS) is 1. The molecule has 1 aliphatic heterocycles. The molecule has 1 unspecified atom stereocenters. The first-order valence-corrected chi connectivity index (χ1v) is 8.04. The van der Waals surface area contributed by atoms with Gasteiger partial charge in [-0.15, -0.1) is 11.8 Å². The summed E-state index contributed by atoms with van der Waals surface area (Å²) in [6, 6.07) is 6.70. The van der Waals surface area contributed by atoms with Crippen LogP contribution in [0.2, 0.25) is 0 Å². The Hall–Kier alpha value is -1.57. The van der Waals surface area contributed by atoms with Crippen molar-refractivity contribution < 1.29 is 24.5 Å². The van der Waals surface area contributed by atoms with Gasteiger partial charge in [-0.1, -0.05) is 0 Å². The molecule has 2 rings (SSSR count). The van der Waals surface area contributed by atoms with Crippen molar-refractivity contribution >= 4 is 23.6 Å². The number of amides is 1. The lowest BCUT2D eigenvalue weighted by Gasteiger charge is -2.34. The zero-order valence-corrected chi connectivity index (χ0v) is 12.9. The first kappa shape index (κ1) is 16.8. The third-order valence-electron chi connectivity index (χ3n) is 3.36. The zero-order chi connectivity index (χ0) is 15.9. The van der Waals surface area contributed by atoms with E-state index in [0.29, 0.717) is 24.5 Å². The molecular weight excluding hydrogens is 306 g/mol. The Morgan fingerprint density at radius 3 is 2.68 bits per heavy atom. The molecule has 1 aliphatic rings. The number of morpholine rings is 1. The molecule has 0 spiro atoms. The highest BCUT2D eigenvalue weighted by molar-refractivity contribution is 7.99. The highest BCUT2D eigenvalue weighted by Gasteiger charge is 2.29. The van der Waals surface area contributed by atoms with Crippen LogP contribution in [0.15, 0.2) is 29.2 Å². The smallest absolute Gasteiger partial charge is 0.305 e.